The van der Waals surface area contributed by atoms with Gasteiger partial charge in [0.2, 0.25) is 0 Å². The molecule has 0 bridgehead atoms. The number of benzene rings is 1. The Balaban J connectivity index is 1.44. The van der Waals surface area contributed by atoms with E-state index in [1.54, 1.807) is 12.1 Å². The molecule has 0 aliphatic carbocycles. The zero-order chi connectivity index (χ0) is 32.4. The minimum absolute atomic E-state index is 0.00363. The highest BCUT2D eigenvalue weighted by Gasteiger charge is 2.29. The Hall–Kier alpha value is -4.46. The van der Waals surface area contributed by atoms with Crippen molar-refractivity contribution in [1.82, 2.24) is 19.5 Å². The standard InChI is InChI=1S/C30H30F3N7O5S/c1-46(41,42)23-14-17(31)5-6-19(23)35-20-15-25(37-24-8-7-22(21(16-34)36-24)45-18-9-12-43-13-10-18)38-29-27(20)39-30(28(32)33)40(29)26-4-2-3-11-44-26/h5-8,14-15,18,26,28H,2-4,9-13H2,1H3,(H2,35,36,37,38). The van der Waals surface area contributed by atoms with Gasteiger partial charge in [-0.15, -0.1) is 0 Å². The maximum Gasteiger partial charge on any atom is 0.295 e. The number of nitriles is 1. The fourth-order valence-corrected chi connectivity index (χ4v) is 6.30. The fraction of sp³-hybridized carbons (Fsp3) is 0.400. The quantitative estimate of drug-likeness (QED) is 0.220. The third-order valence-electron chi connectivity index (χ3n) is 7.61. The van der Waals surface area contributed by atoms with Crippen LogP contribution < -0.4 is 15.4 Å². The monoisotopic (exact) mass is 657 g/mol. The number of aromatic nitrogens is 4. The highest BCUT2D eigenvalue weighted by Crippen LogP contribution is 2.38. The number of hydrogen-bond acceptors (Lipinski definition) is 11. The molecule has 2 aliphatic heterocycles. The summed E-state index contributed by atoms with van der Waals surface area (Å²) in [5.74, 6) is -0.705. The van der Waals surface area contributed by atoms with Crippen LogP contribution in [0, 0.1) is 17.1 Å². The third-order valence-corrected chi connectivity index (χ3v) is 8.75. The molecule has 16 heteroatoms. The molecule has 1 atom stereocenters. The Kier molecular flexibility index (Phi) is 8.98. The summed E-state index contributed by atoms with van der Waals surface area (Å²) in [6.07, 6.45) is 0.397. The van der Waals surface area contributed by atoms with Gasteiger partial charge < -0.3 is 24.8 Å². The van der Waals surface area contributed by atoms with Crippen LogP contribution in [0.25, 0.3) is 11.2 Å². The van der Waals surface area contributed by atoms with Gasteiger partial charge in [-0.2, -0.15) is 5.26 Å². The highest BCUT2D eigenvalue weighted by atomic mass is 32.2. The van der Waals surface area contributed by atoms with Gasteiger partial charge in [0.15, 0.2) is 32.8 Å². The Morgan fingerprint density at radius 1 is 1.00 bits per heavy atom. The molecule has 6 rings (SSSR count). The number of nitrogens with zero attached hydrogens (tertiary/aromatic N) is 5. The number of hydrogen-bond donors (Lipinski definition) is 2. The van der Waals surface area contributed by atoms with Crippen molar-refractivity contribution >= 4 is 44.0 Å². The Bertz CT molecular complexity index is 1900. The van der Waals surface area contributed by atoms with Crippen LogP contribution in [-0.2, 0) is 19.3 Å². The highest BCUT2D eigenvalue weighted by molar-refractivity contribution is 7.90. The number of ether oxygens (including phenoxy) is 3. The summed E-state index contributed by atoms with van der Waals surface area (Å²) in [5, 5.41) is 15.8. The lowest BCUT2D eigenvalue weighted by Gasteiger charge is -2.25. The molecule has 0 spiro atoms. The molecule has 0 saturated carbocycles. The number of sulfone groups is 1. The molecule has 46 heavy (non-hydrogen) atoms. The maximum absolute atomic E-state index is 14.4. The number of alkyl halides is 2. The molecular formula is C30H30F3N7O5S. The SMILES string of the molecule is CS(=O)(=O)c1cc(F)ccc1Nc1cc(Nc2ccc(OC3CCOCC3)c(C#N)n2)nc2c1nc(C(F)F)n2C1CCCCO1. The fourth-order valence-electron chi connectivity index (χ4n) is 5.45. The second-order valence-corrected chi connectivity index (χ2v) is 12.9. The van der Waals surface area contributed by atoms with Gasteiger partial charge in [-0.3, -0.25) is 4.57 Å². The van der Waals surface area contributed by atoms with Crippen LogP contribution in [0.1, 0.15) is 56.3 Å². The molecular weight excluding hydrogens is 627 g/mol. The van der Waals surface area contributed by atoms with E-state index in [-0.39, 0.29) is 50.9 Å². The van der Waals surface area contributed by atoms with E-state index in [1.165, 1.54) is 16.7 Å². The first-order valence-electron chi connectivity index (χ1n) is 14.6. The van der Waals surface area contributed by atoms with Crippen LogP contribution in [-0.4, -0.2) is 60.1 Å². The largest absolute Gasteiger partial charge is 0.487 e. The smallest absolute Gasteiger partial charge is 0.295 e. The van der Waals surface area contributed by atoms with Crippen LogP contribution in [0.5, 0.6) is 5.75 Å². The molecule has 242 valence electrons. The molecule has 12 nitrogen and oxygen atoms in total. The van der Waals surface area contributed by atoms with Gasteiger partial charge in [0, 0.05) is 31.8 Å². The topological polar surface area (TPSA) is 153 Å². The average molecular weight is 658 g/mol. The molecule has 2 fully saturated rings. The van der Waals surface area contributed by atoms with Crippen LogP contribution in [0.4, 0.5) is 36.2 Å². The van der Waals surface area contributed by atoms with Crippen molar-refractivity contribution in [2.75, 3.05) is 36.7 Å². The molecule has 2 saturated heterocycles. The summed E-state index contributed by atoms with van der Waals surface area (Å²) in [4.78, 5) is 12.8. The lowest BCUT2D eigenvalue weighted by Crippen LogP contribution is -2.26. The number of pyridine rings is 2. The first-order chi connectivity index (χ1) is 22.1. The van der Waals surface area contributed by atoms with Crippen molar-refractivity contribution < 1.29 is 35.8 Å². The first kappa shape index (κ1) is 31.5. The van der Waals surface area contributed by atoms with Crippen molar-refractivity contribution in [2.45, 2.75) is 55.8 Å². The zero-order valence-corrected chi connectivity index (χ0v) is 25.5. The molecule has 0 amide bonds. The Morgan fingerprint density at radius 3 is 2.50 bits per heavy atom. The van der Waals surface area contributed by atoms with Crippen molar-refractivity contribution in [3.8, 4) is 11.8 Å². The second-order valence-electron chi connectivity index (χ2n) is 10.9. The predicted molar refractivity (Wildman–Crippen MR) is 161 cm³/mol. The van der Waals surface area contributed by atoms with Gasteiger partial charge in [0.05, 0.1) is 29.5 Å². The van der Waals surface area contributed by atoms with Crippen molar-refractivity contribution in [1.29, 1.82) is 5.26 Å². The minimum atomic E-state index is -3.90. The van der Waals surface area contributed by atoms with Gasteiger partial charge >= 0.3 is 0 Å². The number of nitrogens with one attached hydrogen (secondary N) is 2. The van der Waals surface area contributed by atoms with E-state index in [0.29, 0.717) is 44.8 Å². The van der Waals surface area contributed by atoms with E-state index in [1.807, 2.05) is 6.07 Å². The van der Waals surface area contributed by atoms with Gasteiger partial charge in [0.1, 0.15) is 41.4 Å². The Labute approximate surface area is 262 Å². The number of imidazole rings is 1. The first-order valence-corrected chi connectivity index (χ1v) is 16.5. The van der Waals surface area contributed by atoms with Crippen molar-refractivity contribution in [3.63, 3.8) is 0 Å². The van der Waals surface area contributed by atoms with E-state index >= 15 is 0 Å². The van der Waals surface area contributed by atoms with Crippen LogP contribution in [0.3, 0.4) is 0 Å². The summed E-state index contributed by atoms with van der Waals surface area (Å²) in [6.45, 7) is 1.49. The van der Waals surface area contributed by atoms with Crippen LogP contribution in [0.15, 0.2) is 41.3 Å². The average Bonchev–Trinajstić information content (AvgIpc) is 3.43. The lowest BCUT2D eigenvalue weighted by atomic mass is 10.1. The number of halogens is 3. The summed E-state index contributed by atoms with van der Waals surface area (Å²) in [5.41, 5.74) is 0.201. The van der Waals surface area contributed by atoms with Gasteiger partial charge in [0.25, 0.3) is 6.43 Å². The summed E-state index contributed by atoms with van der Waals surface area (Å²) in [7, 11) is -3.90. The maximum atomic E-state index is 14.4. The molecule has 3 aromatic heterocycles. The summed E-state index contributed by atoms with van der Waals surface area (Å²) >= 11 is 0. The van der Waals surface area contributed by atoms with Crippen molar-refractivity contribution in [3.05, 3.63) is 53.7 Å². The van der Waals surface area contributed by atoms with E-state index < -0.39 is 34.1 Å². The molecule has 4 aromatic rings. The number of rotatable bonds is 9. The molecule has 2 N–H and O–H groups in total. The van der Waals surface area contributed by atoms with E-state index in [9.17, 15) is 26.9 Å². The zero-order valence-electron chi connectivity index (χ0n) is 24.7. The molecule has 2 aliphatic rings. The van der Waals surface area contributed by atoms with Crippen molar-refractivity contribution in [2.24, 2.45) is 0 Å². The van der Waals surface area contributed by atoms with E-state index in [0.717, 1.165) is 31.2 Å². The molecule has 5 heterocycles. The predicted octanol–water partition coefficient (Wildman–Crippen LogP) is 5.92. The number of anilines is 4. The van der Waals surface area contributed by atoms with Gasteiger partial charge in [-0.1, -0.05) is 0 Å². The molecule has 0 radical (unpaired) electrons. The molecule has 1 aromatic carbocycles. The van der Waals surface area contributed by atoms with E-state index in [2.05, 4.69) is 25.6 Å². The second kappa shape index (κ2) is 13.1. The van der Waals surface area contributed by atoms with Crippen LogP contribution >= 0.6 is 0 Å². The third kappa shape index (κ3) is 6.71. The van der Waals surface area contributed by atoms with Crippen LogP contribution in [0.2, 0.25) is 0 Å². The van der Waals surface area contributed by atoms with E-state index in [4.69, 9.17) is 14.2 Å². The lowest BCUT2D eigenvalue weighted by molar-refractivity contribution is -0.0363. The summed E-state index contributed by atoms with van der Waals surface area (Å²) in [6, 6.07) is 9.84. The number of fused-ring (bicyclic) bond motifs is 1. The molecule has 1 unspecified atom stereocenters. The minimum Gasteiger partial charge on any atom is -0.487 e. The summed E-state index contributed by atoms with van der Waals surface area (Å²) < 4.78 is 86.3. The normalized spacial score (nSPS) is 17.6. The van der Waals surface area contributed by atoms with Gasteiger partial charge in [-0.05, 0) is 49.6 Å². The van der Waals surface area contributed by atoms with Gasteiger partial charge in [-0.25, -0.2) is 36.5 Å². The Morgan fingerprint density at radius 2 is 1.80 bits per heavy atom.